The number of esters is 1. The van der Waals surface area contributed by atoms with Gasteiger partial charge in [-0.15, -0.1) is 10.2 Å². The molecule has 0 fully saturated rings. The lowest BCUT2D eigenvalue weighted by Gasteiger charge is -2.09. The molecule has 0 radical (unpaired) electrons. The highest BCUT2D eigenvalue weighted by Gasteiger charge is 2.20. The van der Waals surface area contributed by atoms with Gasteiger partial charge in [0.25, 0.3) is 11.6 Å². The number of hydrogen-bond donors (Lipinski definition) is 1. The largest absolute Gasteiger partial charge is 0.449 e. The molecule has 0 aliphatic heterocycles. The lowest BCUT2D eigenvalue weighted by molar-refractivity contribution is -0.384. The van der Waals surface area contributed by atoms with Crippen molar-refractivity contribution in [3.63, 3.8) is 0 Å². The number of benzene rings is 2. The van der Waals surface area contributed by atoms with Crippen LogP contribution in [0, 0.1) is 10.1 Å². The number of nitrogens with zero attached hydrogens (tertiary/aromatic N) is 3. The first-order valence-corrected chi connectivity index (χ1v) is 8.04. The third-order valence-electron chi connectivity index (χ3n) is 3.80. The van der Waals surface area contributed by atoms with E-state index in [1.54, 1.807) is 6.92 Å². The molecule has 0 saturated carbocycles. The van der Waals surface area contributed by atoms with Gasteiger partial charge in [0.2, 0.25) is 11.8 Å². The van der Waals surface area contributed by atoms with Gasteiger partial charge in [0, 0.05) is 23.3 Å². The average Bonchev–Trinajstić information content (AvgIpc) is 3.18. The minimum atomic E-state index is -0.831. The molecule has 10 heteroatoms. The van der Waals surface area contributed by atoms with Gasteiger partial charge in [0.15, 0.2) is 6.10 Å². The molecule has 1 heterocycles. The number of carbonyl (C=O) groups is 2. The molecule has 0 bridgehead atoms. The lowest BCUT2D eigenvalue weighted by Crippen LogP contribution is -2.12. The molecule has 142 valence electrons. The summed E-state index contributed by atoms with van der Waals surface area (Å²) < 4.78 is 10.8. The molecule has 2 aromatic carbocycles. The Kier molecular flexibility index (Phi) is 5.12. The van der Waals surface area contributed by atoms with Gasteiger partial charge in [0.05, 0.1) is 10.5 Å². The molecule has 0 aliphatic rings. The maximum atomic E-state index is 12.2. The molecule has 1 aromatic heterocycles. The van der Waals surface area contributed by atoms with Crippen molar-refractivity contribution < 1.29 is 23.7 Å². The molecule has 1 amide bonds. The summed E-state index contributed by atoms with van der Waals surface area (Å²) in [5, 5.41) is 18.4. The van der Waals surface area contributed by atoms with Gasteiger partial charge in [-0.1, -0.05) is 0 Å². The van der Waals surface area contributed by atoms with E-state index in [0.717, 1.165) is 0 Å². The van der Waals surface area contributed by atoms with Crippen LogP contribution in [0.25, 0.3) is 11.5 Å². The summed E-state index contributed by atoms with van der Waals surface area (Å²) in [4.78, 5) is 33.4. The Hall–Kier alpha value is -4.08. The van der Waals surface area contributed by atoms with Crippen LogP contribution in [-0.4, -0.2) is 27.0 Å². The number of primary amides is 1. The summed E-state index contributed by atoms with van der Waals surface area (Å²) >= 11 is 0. The van der Waals surface area contributed by atoms with E-state index in [4.69, 9.17) is 14.9 Å². The fourth-order valence-electron chi connectivity index (χ4n) is 2.29. The maximum Gasteiger partial charge on any atom is 0.338 e. The van der Waals surface area contributed by atoms with Crippen molar-refractivity contribution in [3.05, 3.63) is 75.7 Å². The van der Waals surface area contributed by atoms with Crippen molar-refractivity contribution in [1.82, 2.24) is 10.2 Å². The van der Waals surface area contributed by atoms with E-state index in [0.29, 0.717) is 5.56 Å². The average molecular weight is 382 g/mol. The van der Waals surface area contributed by atoms with Crippen LogP contribution < -0.4 is 5.73 Å². The molecule has 3 rings (SSSR count). The van der Waals surface area contributed by atoms with Crippen molar-refractivity contribution in [3.8, 4) is 11.5 Å². The summed E-state index contributed by atoms with van der Waals surface area (Å²) in [7, 11) is 0. The molecule has 10 nitrogen and oxygen atoms in total. The minimum Gasteiger partial charge on any atom is -0.449 e. The third-order valence-corrected chi connectivity index (χ3v) is 3.80. The first-order chi connectivity index (χ1) is 13.3. The molecule has 1 atom stereocenters. The van der Waals surface area contributed by atoms with Gasteiger partial charge in [-0.2, -0.15) is 0 Å². The van der Waals surface area contributed by atoms with Crippen molar-refractivity contribution >= 4 is 17.6 Å². The first-order valence-electron chi connectivity index (χ1n) is 8.04. The molecule has 0 saturated heterocycles. The number of carbonyl (C=O) groups excluding carboxylic acids is 2. The Bertz CT molecular complexity index is 1030. The highest BCUT2D eigenvalue weighted by molar-refractivity contribution is 5.95. The van der Waals surface area contributed by atoms with Crippen LogP contribution in [-0.2, 0) is 4.74 Å². The monoisotopic (exact) mass is 382 g/mol. The second-order valence-electron chi connectivity index (χ2n) is 5.74. The number of ether oxygens (including phenoxy) is 1. The normalized spacial score (nSPS) is 11.6. The van der Waals surface area contributed by atoms with E-state index >= 15 is 0 Å². The van der Waals surface area contributed by atoms with Gasteiger partial charge in [-0.05, 0) is 43.3 Å². The molecule has 2 N–H and O–H groups in total. The standard InChI is InChI=1S/C18H14N4O6/c1-10(27-18(24)13-4-2-11(3-5-13)15(19)23)16-20-21-17(28-16)12-6-8-14(9-7-12)22(25)26/h2-10H,1H3,(H2,19,23). The van der Waals surface area contributed by atoms with Crippen LogP contribution in [0.1, 0.15) is 39.6 Å². The number of non-ortho nitro benzene ring substituents is 1. The molecule has 1 unspecified atom stereocenters. The summed E-state index contributed by atoms with van der Waals surface area (Å²) in [5.41, 5.74) is 6.08. The second kappa shape index (κ2) is 7.66. The van der Waals surface area contributed by atoms with Crippen LogP contribution in [0.4, 0.5) is 5.69 Å². The number of hydrogen-bond acceptors (Lipinski definition) is 8. The predicted octanol–water partition coefficient (Wildman–Crippen LogP) is 2.66. The van der Waals surface area contributed by atoms with E-state index in [2.05, 4.69) is 10.2 Å². The van der Waals surface area contributed by atoms with Gasteiger partial charge in [-0.25, -0.2) is 4.79 Å². The molecule has 0 aliphatic carbocycles. The first kappa shape index (κ1) is 18.7. The quantitative estimate of drug-likeness (QED) is 0.388. The van der Waals surface area contributed by atoms with Crippen molar-refractivity contribution in [2.75, 3.05) is 0 Å². The zero-order valence-electron chi connectivity index (χ0n) is 14.6. The Morgan fingerprint density at radius 1 is 1.07 bits per heavy atom. The van der Waals surface area contributed by atoms with E-state index in [1.165, 1.54) is 48.5 Å². The highest BCUT2D eigenvalue weighted by Crippen LogP contribution is 2.24. The topological polar surface area (TPSA) is 151 Å². The van der Waals surface area contributed by atoms with Gasteiger partial charge >= 0.3 is 5.97 Å². The van der Waals surface area contributed by atoms with Crippen LogP contribution in [0.15, 0.2) is 52.9 Å². The number of rotatable bonds is 6. The van der Waals surface area contributed by atoms with Gasteiger partial charge < -0.3 is 14.9 Å². The van der Waals surface area contributed by atoms with Crippen molar-refractivity contribution in [2.24, 2.45) is 5.73 Å². The smallest absolute Gasteiger partial charge is 0.338 e. The Morgan fingerprint density at radius 2 is 1.68 bits per heavy atom. The molecular formula is C18H14N4O6. The lowest BCUT2D eigenvalue weighted by atomic mass is 10.1. The summed E-state index contributed by atoms with van der Waals surface area (Å²) in [6, 6.07) is 11.3. The van der Waals surface area contributed by atoms with Gasteiger partial charge in [0.1, 0.15) is 0 Å². The Morgan fingerprint density at radius 3 is 2.25 bits per heavy atom. The Labute approximate surface area is 158 Å². The molecule has 3 aromatic rings. The molecule has 0 spiro atoms. The van der Waals surface area contributed by atoms with Crippen molar-refractivity contribution in [2.45, 2.75) is 13.0 Å². The van der Waals surface area contributed by atoms with Crippen LogP contribution in [0.5, 0.6) is 0 Å². The van der Waals surface area contributed by atoms with Crippen molar-refractivity contribution in [1.29, 1.82) is 0 Å². The summed E-state index contributed by atoms with van der Waals surface area (Å²) in [6.07, 6.45) is -0.831. The summed E-state index contributed by atoms with van der Waals surface area (Å²) in [6.45, 7) is 1.56. The van der Waals surface area contributed by atoms with E-state index in [-0.39, 0.29) is 28.6 Å². The molecular weight excluding hydrogens is 368 g/mol. The van der Waals surface area contributed by atoms with E-state index < -0.39 is 22.9 Å². The summed E-state index contributed by atoms with van der Waals surface area (Å²) in [5.74, 6) is -1.04. The zero-order chi connectivity index (χ0) is 20.3. The third kappa shape index (κ3) is 4.01. The second-order valence-corrected chi connectivity index (χ2v) is 5.74. The predicted molar refractivity (Wildman–Crippen MR) is 95.2 cm³/mol. The number of amides is 1. The fourth-order valence-corrected chi connectivity index (χ4v) is 2.29. The van der Waals surface area contributed by atoms with Crippen LogP contribution in [0.2, 0.25) is 0 Å². The number of nitro groups is 1. The highest BCUT2D eigenvalue weighted by atomic mass is 16.6. The maximum absolute atomic E-state index is 12.2. The van der Waals surface area contributed by atoms with E-state index in [1.807, 2.05) is 0 Å². The number of aromatic nitrogens is 2. The molecule has 28 heavy (non-hydrogen) atoms. The minimum absolute atomic E-state index is 0.0619. The number of nitrogens with two attached hydrogens (primary N) is 1. The SMILES string of the molecule is CC(OC(=O)c1ccc(C(N)=O)cc1)c1nnc(-c2ccc([N+](=O)[O-])cc2)o1. The Balaban J connectivity index is 1.69. The van der Waals surface area contributed by atoms with Crippen LogP contribution >= 0.6 is 0 Å². The van der Waals surface area contributed by atoms with E-state index in [9.17, 15) is 19.7 Å². The zero-order valence-corrected chi connectivity index (χ0v) is 14.6. The van der Waals surface area contributed by atoms with Crippen LogP contribution in [0.3, 0.4) is 0 Å². The van der Waals surface area contributed by atoms with Gasteiger partial charge in [-0.3, -0.25) is 14.9 Å². The number of nitro benzene ring substituents is 1. The fraction of sp³-hybridized carbons (Fsp3) is 0.111.